The van der Waals surface area contributed by atoms with Crippen molar-refractivity contribution in [1.82, 2.24) is 4.98 Å². The molecule has 3 N–H and O–H groups in total. The Bertz CT molecular complexity index is 461. The van der Waals surface area contributed by atoms with Crippen molar-refractivity contribution in [3.63, 3.8) is 0 Å². The van der Waals surface area contributed by atoms with Crippen LogP contribution >= 0.6 is 0 Å². The molecule has 1 aromatic rings. The smallest absolute Gasteiger partial charge is 0.311 e. The minimum Gasteiger partial charge on any atom is -0.388 e. The number of pyridine rings is 1. The molecular formula is C10H14N4O3. The Morgan fingerprint density at radius 2 is 2.35 bits per heavy atom. The van der Waals surface area contributed by atoms with Gasteiger partial charge in [-0.15, -0.1) is 0 Å². The summed E-state index contributed by atoms with van der Waals surface area (Å²) in [6, 6.07) is 2.74. The summed E-state index contributed by atoms with van der Waals surface area (Å²) in [6.45, 7) is 2.56. The predicted octanol–water partition coefficient (Wildman–Crippen LogP) is 0.533. The molecule has 2 heterocycles. The fourth-order valence-electron chi connectivity index (χ4n) is 1.96. The zero-order valence-corrected chi connectivity index (χ0v) is 9.46. The molecule has 0 radical (unpaired) electrons. The fourth-order valence-corrected chi connectivity index (χ4v) is 1.96. The molecule has 1 atom stereocenters. The first-order valence-electron chi connectivity index (χ1n) is 5.27. The van der Waals surface area contributed by atoms with Gasteiger partial charge in [0.05, 0.1) is 10.5 Å². The van der Waals surface area contributed by atoms with Gasteiger partial charge >= 0.3 is 5.69 Å². The van der Waals surface area contributed by atoms with E-state index < -0.39 is 10.5 Å². The standard InChI is InChI=1S/C10H14N4O3/c1-10(15)4-5-13(6-10)9-7(14(16)17)2-3-8(11)12-9/h2-3,15H,4-6H2,1H3,(H2,11,12). The molecule has 0 aromatic carbocycles. The number of hydrogen-bond acceptors (Lipinski definition) is 6. The maximum absolute atomic E-state index is 10.9. The largest absolute Gasteiger partial charge is 0.388 e. The third-order valence-corrected chi connectivity index (χ3v) is 2.82. The maximum Gasteiger partial charge on any atom is 0.311 e. The van der Waals surface area contributed by atoms with Gasteiger partial charge < -0.3 is 15.7 Å². The van der Waals surface area contributed by atoms with Crippen molar-refractivity contribution < 1.29 is 10.0 Å². The molecule has 17 heavy (non-hydrogen) atoms. The quantitative estimate of drug-likeness (QED) is 0.575. The van der Waals surface area contributed by atoms with Crippen molar-refractivity contribution in [1.29, 1.82) is 0 Å². The molecule has 1 unspecified atom stereocenters. The first-order valence-corrected chi connectivity index (χ1v) is 5.27. The highest BCUT2D eigenvalue weighted by Crippen LogP contribution is 2.32. The second-order valence-corrected chi connectivity index (χ2v) is 4.50. The molecule has 0 saturated carbocycles. The van der Waals surface area contributed by atoms with Crippen LogP contribution in [-0.4, -0.2) is 33.7 Å². The van der Waals surface area contributed by atoms with Crippen LogP contribution < -0.4 is 10.6 Å². The van der Waals surface area contributed by atoms with Crippen LogP contribution in [0.1, 0.15) is 13.3 Å². The summed E-state index contributed by atoms with van der Waals surface area (Å²) >= 11 is 0. The first kappa shape index (κ1) is 11.6. The van der Waals surface area contributed by atoms with E-state index in [0.29, 0.717) is 19.5 Å². The van der Waals surface area contributed by atoms with E-state index in [1.165, 1.54) is 12.1 Å². The van der Waals surface area contributed by atoms with Gasteiger partial charge in [-0.1, -0.05) is 0 Å². The van der Waals surface area contributed by atoms with Crippen LogP contribution in [0, 0.1) is 10.1 Å². The summed E-state index contributed by atoms with van der Waals surface area (Å²) in [5.41, 5.74) is 4.62. The van der Waals surface area contributed by atoms with E-state index in [2.05, 4.69) is 4.98 Å². The van der Waals surface area contributed by atoms with E-state index in [9.17, 15) is 15.2 Å². The van der Waals surface area contributed by atoms with E-state index in [0.717, 1.165) is 0 Å². The zero-order valence-electron chi connectivity index (χ0n) is 9.46. The molecule has 1 aliphatic rings. The molecule has 1 aliphatic heterocycles. The fraction of sp³-hybridized carbons (Fsp3) is 0.500. The number of nitrogens with zero attached hydrogens (tertiary/aromatic N) is 3. The normalized spacial score (nSPS) is 24.0. The molecule has 0 spiro atoms. The van der Waals surface area contributed by atoms with Crippen molar-refractivity contribution in [3.8, 4) is 0 Å². The minimum atomic E-state index is -0.833. The van der Waals surface area contributed by atoms with E-state index in [1.54, 1.807) is 11.8 Å². The molecule has 2 rings (SSSR count). The van der Waals surface area contributed by atoms with Gasteiger partial charge in [-0.25, -0.2) is 4.98 Å². The molecule has 1 aromatic heterocycles. The number of β-amino-alcohol motifs (C(OH)–C–C–N with tert-alkyl or cyclic N) is 1. The van der Waals surface area contributed by atoms with Gasteiger partial charge in [-0.2, -0.15) is 0 Å². The minimum absolute atomic E-state index is 0.0862. The topological polar surface area (TPSA) is 106 Å². The van der Waals surface area contributed by atoms with E-state index >= 15 is 0 Å². The highest BCUT2D eigenvalue weighted by atomic mass is 16.6. The van der Waals surface area contributed by atoms with Crippen molar-refractivity contribution in [2.75, 3.05) is 23.7 Å². The third kappa shape index (κ3) is 2.28. The third-order valence-electron chi connectivity index (χ3n) is 2.82. The highest BCUT2D eigenvalue weighted by molar-refractivity contribution is 5.61. The van der Waals surface area contributed by atoms with Crippen molar-refractivity contribution in [2.45, 2.75) is 18.9 Å². The predicted molar refractivity (Wildman–Crippen MR) is 62.8 cm³/mol. The van der Waals surface area contributed by atoms with Crippen LogP contribution in [0.15, 0.2) is 12.1 Å². The molecule has 0 bridgehead atoms. The van der Waals surface area contributed by atoms with E-state index in [1.807, 2.05) is 0 Å². The Morgan fingerprint density at radius 1 is 1.65 bits per heavy atom. The number of nitro groups is 1. The summed E-state index contributed by atoms with van der Waals surface area (Å²) in [4.78, 5) is 16.1. The summed E-state index contributed by atoms with van der Waals surface area (Å²) in [5, 5.41) is 20.7. The Labute approximate surface area is 98.0 Å². The van der Waals surface area contributed by atoms with Crippen LogP contribution in [0.2, 0.25) is 0 Å². The van der Waals surface area contributed by atoms with Crippen LogP contribution in [0.3, 0.4) is 0 Å². The number of aliphatic hydroxyl groups is 1. The van der Waals surface area contributed by atoms with Crippen molar-refractivity contribution >= 4 is 17.3 Å². The first-order chi connectivity index (χ1) is 7.89. The molecule has 7 heteroatoms. The lowest BCUT2D eigenvalue weighted by atomic mass is 10.1. The Kier molecular flexibility index (Phi) is 2.62. The number of hydrogen-bond donors (Lipinski definition) is 2. The van der Waals surface area contributed by atoms with Gasteiger partial charge in [-0.3, -0.25) is 10.1 Å². The molecule has 0 amide bonds. The molecule has 92 valence electrons. The number of nitrogen functional groups attached to an aromatic ring is 1. The van der Waals surface area contributed by atoms with Gasteiger partial charge in [-0.05, 0) is 19.4 Å². The van der Waals surface area contributed by atoms with Crippen molar-refractivity contribution in [3.05, 3.63) is 22.2 Å². The maximum atomic E-state index is 10.9. The van der Waals surface area contributed by atoms with E-state index in [4.69, 9.17) is 5.73 Å². The monoisotopic (exact) mass is 238 g/mol. The average Bonchev–Trinajstić information content (AvgIpc) is 2.58. The van der Waals surface area contributed by atoms with Gasteiger partial charge in [0, 0.05) is 19.2 Å². The van der Waals surface area contributed by atoms with Crippen LogP contribution in [0.25, 0.3) is 0 Å². The Balaban J connectivity index is 2.38. The Hall–Kier alpha value is -1.89. The van der Waals surface area contributed by atoms with Gasteiger partial charge in [0.15, 0.2) is 0 Å². The van der Waals surface area contributed by atoms with Crippen LogP contribution in [0.4, 0.5) is 17.3 Å². The number of nitrogens with two attached hydrogens (primary N) is 1. The van der Waals surface area contributed by atoms with Gasteiger partial charge in [0.2, 0.25) is 5.82 Å². The van der Waals surface area contributed by atoms with E-state index in [-0.39, 0.29) is 17.3 Å². The second-order valence-electron chi connectivity index (χ2n) is 4.50. The Morgan fingerprint density at radius 3 is 2.88 bits per heavy atom. The molecular weight excluding hydrogens is 224 g/mol. The summed E-state index contributed by atoms with van der Waals surface area (Å²) < 4.78 is 0. The lowest BCUT2D eigenvalue weighted by Crippen LogP contribution is -2.30. The lowest BCUT2D eigenvalue weighted by molar-refractivity contribution is -0.384. The summed E-state index contributed by atoms with van der Waals surface area (Å²) in [7, 11) is 0. The van der Waals surface area contributed by atoms with Crippen LogP contribution in [-0.2, 0) is 0 Å². The molecule has 1 fully saturated rings. The SMILES string of the molecule is CC1(O)CCN(c2nc(N)ccc2[N+](=O)[O-])C1. The number of aromatic nitrogens is 1. The van der Waals surface area contributed by atoms with Gasteiger partial charge in [0.25, 0.3) is 0 Å². The van der Waals surface area contributed by atoms with Crippen LogP contribution in [0.5, 0.6) is 0 Å². The molecule has 0 aliphatic carbocycles. The second kappa shape index (κ2) is 3.85. The lowest BCUT2D eigenvalue weighted by Gasteiger charge is -2.19. The van der Waals surface area contributed by atoms with Gasteiger partial charge in [0.1, 0.15) is 5.82 Å². The summed E-state index contributed by atoms with van der Waals surface area (Å²) in [5.74, 6) is 0.463. The summed E-state index contributed by atoms with van der Waals surface area (Å²) in [6.07, 6.45) is 0.556. The highest BCUT2D eigenvalue weighted by Gasteiger charge is 2.35. The number of anilines is 2. The zero-order chi connectivity index (χ0) is 12.6. The molecule has 7 nitrogen and oxygen atoms in total. The molecule has 1 saturated heterocycles. The number of rotatable bonds is 2. The average molecular weight is 238 g/mol. The van der Waals surface area contributed by atoms with Crippen molar-refractivity contribution in [2.24, 2.45) is 0 Å².